The van der Waals surface area contributed by atoms with Gasteiger partial charge in [0.15, 0.2) is 0 Å². The highest BCUT2D eigenvalue weighted by Gasteiger charge is 2.08. The molecule has 68 valence electrons. The third kappa shape index (κ3) is 1.97. The lowest BCUT2D eigenvalue weighted by Gasteiger charge is -2.07. The molecule has 0 aliphatic rings. The minimum Gasteiger partial charge on any atom is -0.0838 e. The van der Waals surface area contributed by atoms with Crippen LogP contribution in [0.25, 0.3) is 10.4 Å². The zero-order valence-electron chi connectivity index (χ0n) is 7.17. The molecule has 0 aliphatic heterocycles. The normalized spacial score (nSPS) is 9.54. The molecular formula is C8H7BrClN3. The van der Waals surface area contributed by atoms with Crippen LogP contribution < -0.4 is 0 Å². The van der Waals surface area contributed by atoms with Gasteiger partial charge in [-0.25, -0.2) is 0 Å². The van der Waals surface area contributed by atoms with E-state index in [0.29, 0.717) is 10.7 Å². The van der Waals surface area contributed by atoms with E-state index in [-0.39, 0.29) is 0 Å². The fourth-order valence-corrected chi connectivity index (χ4v) is 1.97. The topological polar surface area (TPSA) is 48.8 Å². The summed E-state index contributed by atoms with van der Waals surface area (Å²) in [5.41, 5.74) is 10.9. The van der Waals surface area contributed by atoms with E-state index in [4.69, 9.17) is 17.1 Å². The summed E-state index contributed by atoms with van der Waals surface area (Å²) in [4.78, 5) is 2.71. The lowest BCUT2D eigenvalue weighted by Crippen LogP contribution is -1.83. The summed E-state index contributed by atoms with van der Waals surface area (Å²) in [5.74, 6) is 0. The summed E-state index contributed by atoms with van der Waals surface area (Å²) < 4.78 is 0.760. The van der Waals surface area contributed by atoms with Gasteiger partial charge >= 0.3 is 0 Å². The van der Waals surface area contributed by atoms with Crippen LogP contribution in [0.5, 0.6) is 0 Å². The number of azide groups is 1. The lowest BCUT2D eigenvalue weighted by atomic mass is 10.1. The highest BCUT2D eigenvalue weighted by molar-refractivity contribution is 9.10. The van der Waals surface area contributed by atoms with Crippen LogP contribution in [-0.2, 0) is 0 Å². The Morgan fingerprint density at radius 1 is 1.54 bits per heavy atom. The van der Waals surface area contributed by atoms with Crippen molar-refractivity contribution in [3.8, 4) is 0 Å². The summed E-state index contributed by atoms with van der Waals surface area (Å²) in [5, 5.41) is 3.97. The molecular weight excluding hydrogens is 253 g/mol. The standard InChI is InChI=1S/C8H7BrClN3/c1-4-3-6(10)8(12-13-11)7(9)5(4)2/h3H,1-2H3. The van der Waals surface area contributed by atoms with E-state index in [0.717, 1.165) is 15.6 Å². The molecule has 13 heavy (non-hydrogen) atoms. The molecule has 0 saturated carbocycles. The van der Waals surface area contributed by atoms with Crippen LogP contribution in [0.2, 0.25) is 5.02 Å². The Kier molecular flexibility index (Phi) is 3.20. The van der Waals surface area contributed by atoms with Gasteiger partial charge in [-0.2, -0.15) is 0 Å². The van der Waals surface area contributed by atoms with Crippen molar-refractivity contribution >= 4 is 33.2 Å². The molecule has 0 spiro atoms. The molecule has 1 rings (SSSR count). The maximum Gasteiger partial charge on any atom is 0.0706 e. The first kappa shape index (κ1) is 10.4. The van der Waals surface area contributed by atoms with Crippen LogP contribution in [0.3, 0.4) is 0 Å². The minimum absolute atomic E-state index is 0.451. The van der Waals surface area contributed by atoms with Gasteiger partial charge in [-0.05, 0) is 52.5 Å². The van der Waals surface area contributed by atoms with E-state index >= 15 is 0 Å². The second kappa shape index (κ2) is 4.01. The van der Waals surface area contributed by atoms with Crippen molar-refractivity contribution in [2.24, 2.45) is 5.11 Å². The van der Waals surface area contributed by atoms with Crippen molar-refractivity contribution in [2.45, 2.75) is 13.8 Å². The molecule has 0 N–H and O–H groups in total. The number of nitrogens with zero attached hydrogens (tertiary/aromatic N) is 3. The molecule has 1 aromatic carbocycles. The minimum atomic E-state index is 0.451. The fraction of sp³-hybridized carbons (Fsp3) is 0.250. The average molecular weight is 261 g/mol. The van der Waals surface area contributed by atoms with Gasteiger partial charge in [0, 0.05) is 9.38 Å². The highest BCUT2D eigenvalue weighted by Crippen LogP contribution is 2.37. The van der Waals surface area contributed by atoms with Crippen molar-refractivity contribution in [3.05, 3.63) is 37.1 Å². The summed E-state index contributed by atoms with van der Waals surface area (Å²) in [6, 6.07) is 1.78. The summed E-state index contributed by atoms with van der Waals surface area (Å²) >= 11 is 9.22. The van der Waals surface area contributed by atoms with Gasteiger partial charge in [-0.3, -0.25) is 0 Å². The molecule has 0 aliphatic carbocycles. The first-order chi connectivity index (χ1) is 6.07. The van der Waals surface area contributed by atoms with Crippen molar-refractivity contribution in [1.82, 2.24) is 0 Å². The summed E-state index contributed by atoms with van der Waals surface area (Å²) in [6.07, 6.45) is 0. The van der Waals surface area contributed by atoms with E-state index in [1.165, 1.54) is 0 Å². The predicted molar refractivity (Wildman–Crippen MR) is 57.4 cm³/mol. The van der Waals surface area contributed by atoms with Gasteiger partial charge in [0.1, 0.15) is 0 Å². The molecule has 0 radical (unpaired) electrons. The monoisotopic (exact) mass is 259 g/mol. The van der Waals surface area contributed by atoms with Crippen LogP contribution in [-0.4, -0.2) is 0 Å². The van der Waals surface area contributed by atoms with E-state index in [1.807, 2.05) is 13.8 Å². The Labute approximate surface area is 89.5 Å². The third-order valence-electron chi connectivity index (χ3n) is 1.84. The van der Waals surface area contributed by atoms with Crippen LogP contribution in [0, 0.1) is 13.8 Å². The Bertz CT molecular complexity index is 397. The smallest absolute Gasteiger partial charge is 0.0706 e. The SMILES string of the molecule is Cc1cc(Cl)c(N=[N+]=[N-])c(Br)c1C. The number of aryl methyl sites for hydroxylation is 1. The molecule has 3 nitrogen and oxygen atoms in total. The van der Waals surface area contributed by atoms with Gasteiger partial charge in [0.2, 0.25) is 0 Å². The molecule has 5 heteroatoms. The molecule has 0 amide bonds. The van der Waals surface area contributed by atoms with Crippen molar-refractivity contribution in [3.63, 3.8) is 0 Å². The molecule has 0 saturated heterocycles. The second-order valence-electron chi connectivity index (χ2n) is 2.65. The average Bonchev–Trinajstić information content (AvgIpc) is 2.09. The van der Waals surface area contributed by atoms with Crippen LogP contribution in [0.15, 0.2) is 15.7 Å². The van der Waals surface area contributed by atoms with Gasteiger partial charge in [-0.1, -0.05) is 16.7 Å². The van der Waals surface area contributed by atoms with Crippen LogP contribution in [0.1, 0.15) is 11.1 Å². The molecule has 0 heterocycles. The zero-order valence-corrected chi connectivity index (χ0v) is 9.52. The van der Waals surface area contributed by atoms with E-state index < -0.39 is 0 Å². The lowest BCUT2D eigenvalue weighted by molar-refractivity contribution is 1.29. The molecule has 0 atom stereocenters. The van der Waals surface area contributed by atoms with Gasteiger partial charge < -0.3 is 0 Å². The van der Waals surface area contributed by atoms with Crippen LogP contribution in [0.4, 0.5) is 5.69 Å². The number of rotatable bonds is 1. The summed E-state index contributed by atoms with van der Waals surface area (Å²) in [6.45, 7) is 3.89. The van der Waals surface area contributed by atoms with Crippen LogP contribution >= 0.6 is 27.5 Å². The van der Waals surface area contributed by atoms with Gasteiger partial charge in [-0.15, -0.1) is 0 Å². The maximum atomic E-state index is 8.31. The first-order valence-corrected chi connectivity index (χ1v) is 4.75. The Morgan fingerprint density at radius 3 is 2.69 bits per heavy atom. The second-order valence-corrected chi connectivity index (χ2v) is 3.85. The van der Waals surface area contributed by atoms with Gasteiger partial charge in [0.25, 0.3) is 0 Å². The van der Waals surface area contributed by atoms with Crippen molar-refractivity contribution in [1.29, 1.82) is 0 Å². The quantitative estimate of drug-likeness (QED) is 0.400. The Hall–Kier alpha value is -0.700. The fourth-order valence-electron chi connectivity index (χ4n) is 0.959. The van der Waals surface area contributed by atoms with E-state index in [2.05, 4.69) is 26.0 Å². The number of halogens is 2. The molecule has 0 aromatic heterocycles. The van der Waals surface area contributed by atoms with E-state index in [1.54, 1.807) is 6.07 Å². The molecule has 1 aromatic rings. The number of hydrogen-bond donors (Lipinski definition) is 0. The summed E-state index contributed by atoms with van der Waals surface area (Å²) in [7, 11) is 0. The Morgan fingerprint density at radius 2 is 2.15 bits per heavy atom. The van der Waals surface area contributed by atoms with Crippen molar-refractivity contribution in [2.75, 3.05) is 0 Å². The van der Waals surface area contributed by atoms with E-state index in [9.17, 15) is 0 Å². The maximum absolute atomic E-state index is 8.31. The first-order valence-electron chi connectivity index (χ1n) is 3.58. The third-order valence-corrected chi connectivity index (χ3v) is 3.10. The van der Waals surface area contributed by atoms with Gasteiger partial charge in [0.05, 0.1) is 10.7 Å². The molecule has 0 bridgehead atoms. The number of hydrogen-bond acceptors (Lipinski definition) is 1. The Balaban J connectivity index is 3.52. The molecule has 0 fully saturated rings. The largest absolute Gasteiger partial charge is 0.0838 e. The highest BCUT2D eigenvalue weighted by atomic mass is 79.9. The number of benzene rings is 1. The molecule has 0 unspecified atom stereocenters. The van der Waals surface area contributed by atoms with Crippen molar-refractivity contribution < 1.29 is 0 Å². The predicted octanol–water partition coefficient (Wildman–Crippen LogP) is 4.66. The zero-order chi connectivity index (χ0) is 10.0.